The van der Waals surface area contributed by atoms with E-state index in [0.717, 1.165) is 21.5 Å². The van der Waals surface area contributed by atoms with Gasteiger partial charge in [0.1, 0.15) is 6.04 Å². The molecule has 0 saturated carbocycles. The molecule has 2 aliphatic rings. The first-order valence-corrected chi connectivity index (χ1v) is 13.2. The third-order valence-electron chi connectivity index (χ3n) is 5.82. The van der Waals surface area contributed by atoms with E-state index >= 15 is 0 Å². The molecule has 3 rings (SSSR count). The van der Waals surface area contributed by atoms with Crippen molar-refractivity contribution in [2.24, 2.45) is 0 Å². The van der Waals surface area contributed by atoms with Gasteiger partial charge in [0.05, 0.1) is 0 Å². The fourth-order valence-electron chi connectivity index (χ4n) is 4.13. The Hall–Kier alpha value is -1.34. The summed E-state index contributed by atoms with van der Waals surface area (Å²) in [7, 11) is 0. The first-order valence-electron chi connectivity index (χ1n) is 11.1. The molecule has 1 saturated heterocycles. The Morgan fingerprint density at radius 3 is 2.40 bits per heavy atom. The van der Waals surface area contributed by atoms with E-state index in [1.807, 2.05) is 23.9 Å². The number of piperidine rings is 1. The molecular formula is C23H31BrN2O3S. The van der Waals surface area contributed by atoms with Crippen LogP contribution in [0.5, 0.6) is 0 Å². The molecule has 30 heavy (non-hydrogen) atoms. The van der Waals surface area contributed by atoms with Crippen LogP contribution < -0.4 is 5.32 Å². The van der Waals surface area contributed by atoms with Crippen LogP contribution in [0.2, 0.25) is 0 Å². The molecular weight excluding hydrogens is 464 g/mol. The Balaban J connectivity index is 1.45. The van der Waals surface area contributed by atoms with Crippen molar-refractivity contribution in [3.05, 3.63) is 29.3 Å². The topological polar surface area (TPSA) is 66.5 Å². The number of rotatable bonds is 12. The molecule has 0 spiro atoms. The lowest BCUT2D eigenvalue weighted by Crippen LogP contribution is -2.52. The van der Waals surface area contributed by atoms with Gasteiger partial charge in [-0.3, -0.25) is 19.7 Å². The maximum atomic E-state index is 12.9. The van der Waals surface area contributed by atoms with Gasteiger partial charge in [0.25, 0.3) is 5.91 Å². The third-order valence-corrected chi connectivity index (χ3v) is 7.57. The minimum absolute atomic E-state index is 0.0955. The number of thioether (sulfide) groups is 1. The van der Waals surface area contributed by atoms with Crippen LogP contribution in [0.4, 0.5) is 0 Å². The lowest BCUT2D eigenvalue weighted by Gasteiger charge is -2.29. The van der Waals surface area contributed by atoms with Gasteiger partial charge in [-0.25, -0.2) is 0 Å². The second kappa shape index (κ2) is 11.9. The normalized spacial score (nSPS) is 18.6. The van der Waals surface area contributed by atoms with Gasteiger partial charge in [-0.15, -0.1) is 11.8 Å². The number of alkyl halides is 1. The van der Waals surface area contributed by atoms with Gasteiger partial charge in [0, 0.05) is 28.8 Å². The molecule has 0 bridgehead atoms. The fourth-order valence-corrected chi connectivity index (χ4v) is 5.62. The van der Waals surface area contributed by atoms with Gasteiger partial charge in [-0.2, -0.15) is 0 Å². The highest BCUT2D eigenvalue weighted by Crippen LogP contribution is 2.34. The zero-order valence-electron chi connectivity index (χ0n) is 17.5. The molecule has 164 valence electrons. The van der Waals surface area contributed by atoms with Crippen molar-refractivity contribution in [1.82, 2.24) is 10.2 Å². The minimum atomic E-state index is -0.546. The lowest BCUT2D eigenvalue weighted by molar-refractivity contribution is -0.136. The number of imide groups is 1. The van der Waals surface area contributed by atoms with Gasteiger partial charge < -0.3 is 4.90 Å². The molecule has 1 N–H and O–H groups in total. The highest BCUT2D eigenvalue weighted by Gasteiger charge is 2.39. The molecule has 3 amide bonds. The number of hydrogen-bond donors (Lipinski definition) is 1. The largest absolute Gasteiger partial charge is 0.322 e. The second-order valence-corrected chi connectivity index (χ2v) is 9.98. The highest BCUT2D eigenvalue weighted by molar-refractivity contribution is 9.09. The number of halogens is 1. The van der Waals surface area contributed by atoms with Crippen molar-refractivity contribution in [1.29, 1.82) is 0 Å². The number of carbonyl (C=O) groups is 3. The SMILES string of the molecule is O=C1CCC(N2Cc3c(SCCCCCCCCCCBr)cccc3C2=O)C(=O)N1. The molecule has 0 radical (unpaired) electrons. The van der Waals surface area contributed by atoms with Crippen LogP contribution in [0.3, 0.4) is 0 Å². The van der Waals surface area contributed by atoms with E-state index < -0.39 is 6.04 Å². The van der Waals surface area contributed by atoms with Crippen LogP contribution in [0, 0.1) is 0 Å². The van der Waals surface area contributed by atoms with Crippen molar-refractivity contribution in [3.8, 4) is 0 Å². The number of hydrogen-bond acceptors (Lipinski definition) is 4. The first-order chi connectivity index (χ1) is 14.6. The molecule has 2 aliphatic heterocycles. The molecule has 1 atom stereocenters. The quantitative estimate of drug-likeness (QED) is 0.191. The van der Waals surface area contributed by atoms with Crippen molar-refractivity contribution in [2.75, 3.05) is 11.1 Å². The van der Waals surface area contributed by atoms with Gasteiger partial charge in [-0.1, -0.05) is 60.5 Å². The van der Waals surface area contributed by atoms with Gasteiger partial charge in [0.15, 0.2) is 0 Å². The van der Waals surface area contributed by atoms with E-state index in [1.54, 1.807) is 4.90 Å². The summed E-state index contributed by atoms with van der Waals surface area (Å²) >= 11 is 5.29. The Morgan fingerprint density at radius 1 is 1.00 bits per heavy atom. The number of nitrogens with one attached hydrogen (secondary N) is 1. The summed E-state index contributed by atoms with van der Waals surface area (Å²) < 4.78 is 0. The summed E-state index contributed by atoms with van der Waals surface area (Å²) in [6.45, 7) is 0.456. The third kappa shape index (κ3) is 6.10. The Bertz CT molecular complexity index is 771. The Kier molecular flexibility index (Phi) is 9.25. The smallest absolute Gasteiger partial charge is 0.255 e. The zero-order valence-corrected chi connectivity index (χ0v) is 19.9. The average Bonchev–Trinajstić information content (AvgIpc) is 3.07. The molecule has 1 fully saturated rings. The summed E-state index contributed by atoms with van der Waals surface area (Å²) in [6.07, 6.45) is 11.0. The van der Waals surface area contributed by atoms with Crippen LogP contribution in [-0.2, 0) is 16.1 Å². The first kappa shape index (κ1) is 23.3. The number of amides is 3. The molecule has 0 aliphatic carbocycles. The molecule has 5 nitrogen and oxygen atoms in total. The number of benzene rings is 1. The van der Waals surface area contributed by atoms with Gasteiger partial charge in [-0.05, 0) is 42.7 Å². The van der Waals surface area contributed by atoms with Crippen LogP contribution in [0.15, 0.2) is 23.1 Å². The van der Waals surface area contributed by atoms with Gasteiger partial charge in [0.2, 0.25) is 11.8 Å². The monoisotopic (exact) mass is 494 g/mol. The van der Waals surface area contributed by atoms with Crippen LogP contribution in [0.25, 0.3) is 0 Å². The molecule has 1 aromatic rings. The van der Waals surface area contributed by atoms with E-state index in [0.29, 0.717) is 18.5 Å². The summed E-state index contributed by atoms with van der Waals surface area (Å²) in [5, 5.41) is 3.48. The van der Waals surface area contributed by atoms with Crippen molar-refractivity contribution >= 4 is 45.4 Å². The number of fused-ring (bicyclic) bond motifs is 1. The molecule has 2 heterocycles. The van der Waals surface area contributed by atoms with E-state index in [4.69, 9.17) is 0 Å². The number of carbonyl (C=O) groups excluding carboxylic acids is 3. The van der Waals surface area contributed by atoms with E-state index in [9.17, 15) is 14.4 Å². The van der Waals surface area contributed by atoms with E-state index in [2.05, 4.69) is 27.3 Å². The summed E-state index contributed by atoms with van der Waals surface area (Å²) in [5.41, 5.74) is 1.73. The zero-order chi connectivity index (χ0) is 21.3. The predicted molar refractivity (Wildman–Crippen MR) is 124 cm³/mol. The Labute approximate surface area is 191 Å². The summed E-state index contributed by atoms with van der Waals surface area (Å²) in [6, 6.07) is 5.31. The molecule has 7 heteroatoms. The Morgan fingerprint density at radius 2 is 1.70 bits per heavy atom. The maximum Gasteiger partial charge on any atom is 0.255 e. The predicted octanol–water partition coefficient (Wildman–Crippen LogP) is 5.06. The standard InChI is InChI=1S/C23H31BrN2O3S/c24-14-7-5-3-1-2-4-6-8-15-30-20-11-9-10-17-18(20)16-26(23(17)29)19-12-13-21(27)25-22(19)28/h9-11,19H,1-8,12-16H2,(H,25,27,28). The second-order valence-electron chi connectivity index (χ2n) is 8.05. The number of unbranched alkanes of at least 4 members (excludes halogenated alkanes) is 7. The molecule has 0 aromatic heterocycles. The van der Waals surface area contributed by atoms with Crippen LogP contribution in [0.1, 0.15) is 80.1 Å². The summed E-state index contributed by atoms with van der Waals surface area (Å²) in [5.74, 6) is 0.346. The molecule has 1 unspecified atom stereocenters. The van der Waals surface area contributed by atoms with Gasteiger partial charge >= 0.3 is 0 Å². The van der Waals surface area contributed by atoms with E-state index in [1.165, 1.54) is 51.4 Å². The highest BCUT2D eigenvalue weighted by atomic mass is 79.9. The fraction of sp³-hybridized carbons (Fsp3) is 0.609. The average molecular weight is 495 g/mol. The van der Waals surface area contributed by atoms with Crippen LogP contribution >= 0.6 is 27.7 Å². The van der Waals surface area contributed by atoms with Crippen molar-refractivity contribution in [2.45, 2.75) is 81.7 Å². The molecule has 1 aromatic carbocycles. The van der Waals surface area contributed by atoms with Crippen LogP contribution in [-0.4, -0.2) is 39.7 Å². The van der Waals surface area contributed by atoms with Crippen molar-refractivity contribution < 1.29 is 14.4 Å². The van der Waals surface area contributed by atoms with E-state index in [-0.39, 0.29) is 24.1 Å². The number of nitrogens with zero attached hydrogens (tertiary/aromatic N) is 1. The minimum Gasteiger partial charge on any atom is -0.322 e. The van der Waals surface area contributed by atoms with Crippen molar-refractivity contribution in [3.63, 3.8) is 0 Å². The summed E-state index contributed by atoms with van der Waals surface area (Å²) in [4.78, 5) is 39.3. The lowest BCUT2D eigenvalue weighted by atomic mass is 10.0. The maximum absolute atomic E-state index is 12.9.